The first-order valence-electron chi connectivity index (χ1n) is 18.7. The summed E-state index contributed by atoms with van der Waals surface area (Å²) in [5.41, 5.74) is 16.6. The number of guanidine groups is 1. The first-order chi connectivity index (χ1) is 25.6. The molecule has 0 spiro atoms. The summed E-state index contributed by atoms with van der Waals surface area (Å²) >= 11 is 0. The van der Waals surface area contributed by atoms with Crippen molar-refractivity contribution < 1.29 is 15.0 Å². The van der Waals surface area contributed by atoms with Gasteiger partial charge in [0, 0.05) is 86.3 Å². The zero-order valence-corrected chi connectivity index (χ0v) is 32.8. The van der Waals surface area contributed by atoms with Crippen LogP contribution in [-0.4, -0.2) is 107 Å². The molecule has 54 heavy (non-hydrogen) atoms. The number of aliphatic hydroxyl groups excluding tert-OH is 2. The van der Waals surface area contributed by atoms with Crippen LogP contribution in [0.15, 0.2) is 64.5 Å². The molecule has 0 aliphatic carbocycles. The number of amides is 1. The van der Waals surface area contributed by atoms with Crippen LogP contribution in [-0.2, 0) is 17.4 Å². The number of nitrogens with one attached hydrogen (secondary N) is 3. The summed E-state index contributed by atoms with van der Waals surface area (Å²) in [6.07, 6.45) is 2.71. The lowest BCUT2D eigenvalue weighted by atomic mass is 9.85. The van der Waals surface area contributed by atoms with Crippen molar-refractivity contribution in [1.29, 1.82) is 0 Å². The number of carbonyl (C=O) groups is 1. The lowest BCUT2D eigenvalue weighted by Gasteiger charge is -2.32. The molecule has 294 valence electrons. The van der Waals surface area contributed by atoms with E-state index in [1.54, 1.807) is 4.57 Å². The Morgan fingerprint density at radius 3 is 2.20 bits per heavy atom. The summed E-state index contributed by atoms with van der Waals surface area (Å²) in [6, 6.07) is 16.0. The van der Waals surface area contributed by atoms with Crippen molar-refractivity contribution >= 4 is 28.6 Å². The number of hydrogen-bond donors (Lipinski definition) is 7. The van der Waals surface area contributed by atoms with Crippen molar-refractivity contribution in [2.24, 2.45) is 16.5 Å². The number of nitrogens with zero attached hydrogens (tertiary/aromatic N) is 5. The highest BCUT2D eigenvalue weighted by molar-refractivity contribution is 5.95. The van der Waals surface area contributed by atoms with Crippen molar-refractivity contribution in [3.8, 4) is 5.69 Å². The van der Waals surface area contributed by atoms with E-state index in [1.807, 2.05) is 42.6 Å². The summed E-state index contributed by atoms with van der Waals surface area (Å²) < 4.78 is 1.58. The molecule has 0 atom stereocenters. The quantitative estimate of drug-likeness (QED) is 0.0606. The van der Waals surface area contributed by atoms with Gasteiger partial charge >= 0.3 is 5.69 Å². The third-order valence-corrected chi connectivity index (χ3v) is 9.21. The Balaban J connectivity index is 0.000000244. The number of nitrogens with two attached hydrogens (primary N) is 2. The number of benzene rings is 2. The lowest BCUT2D eigenvalue weighted by molar-refractivity contribution is 0.0684. The zero-order chi connectivity index (χ0) is 39.5. The number of aromatic amines is 1. The highest BCUT2D eigenvalue weighted by Crippen LogP contribution is 2.29. The maximum absolute atomic E-state index is 12.9. The average Bonchev–Trinajstić information content (AvgIpc) is 3.56. The topological polar surface area (TPSA) is 203 Å². The number of aliphatic hydroxyl groups is 2. The van der Waals surface area contributed by atoms with Gasteiger partial charge in [-0.15, -0.1) is 0 Å². The zero-order valence-electron chi connectivity index (χ0n) is 32.8. The van der Waals surface area contributed by atoms with E-state index in [-0.39, 0.29) is 54.7 Å². The van der Waals surface area contributed by atoms with E-state index in [4.69, 9.17) is 11.5 Å². The summed E-state index contributed by atoms with van der Waals surface area (Å²) in [7, 11) is 0. The Labute approximate surface area is 318 Å². The van der Waals surface area contributed by atoms with E-state index in [2.05, 4.69) is 84.2 Å². The molecule has 4 aromatic rings. The van der Waals surface area contributed by atoms with E-state index in [0.29, 0.717) is 17.8 Å². The van der Waals surface area contributed by atoms with Gasteiger partial charge in [0.2, 0.25) is 0 Å². The lowest BCUT2D eigenvalue weighted by Crippen LogP contribution is -2.43. The normalized spacial score (nSPS) is 13.4. The van der Waals surface area contributed by atoms with Gasteiger partial charge in [0.25, 0.3) is 5.91 Å². The largest absolute Gasteiger partial charge is 0.395 e. The molecular weight excluding hydrogens is 685 g/mol. The van der Waals surface area contributed by atoms with Crippen molar-refractivity contribution in [1.82, 2.24) is 30.1 Å². The third kappa shape index (κ3) is 11.9. The molecule has 0 bridgehead atoms. The summed E-state index contributed by atoms with van der Waals surface area (Å²) in [4.78, 5) is 40.6. The fraction of sp³-hybridized carbons (Fsp3) is 0.500. The summed E-state index contributed by atoms with van der Waals surface area (Å²) in [5, 5.41) is 26.0. The predicted molar refractivity (Wildman–Crippen MR) is 218 cm³/mol. The van der Waals surface area contributed by atoms with Crippen LogP contribution in [0.1, 0.15) is 75.1 Å². The molecule has 5 rings (SSSR count). The number of fused-ring (bicyclic) bond motifs is 1. The molecular formula is C40H60N10O4. The highest BCUT2D eigenvalue weighted by Gasteiger charge is 2.23. The Hall–Kier alpha value is -4.76. The molecule has 9 N–H and O–H groups in total. The first kappa shape index (κ1) is 42.0. The third-order valence-electron chi connectivity index (χ3n) is 9.21. The maximum Gasteiger partial charge on any atom is 0.354 e. The van der Waals surface area contributed by atoms with E-state index in [1.165, 1.54) is 4.90 Å². The molecule has 1 aliphatic heterocycles. The SMILES string of the molecule is CC(C)(C)c1cc(C(=O)N(CCO)CCO)cc(N2CCNCC2)c1.CC(C)(C)c1cc2cn(-c3ccc(CNCCCN=C(N)N)cc3)c(=O)nc2[nH]1. The Morgan fingerprint density at radius 2 is 1.61 bits per heavy atom. The van der Waals surface area contributed by atoms with Crippen LogP contribution in [0.3, 0.4) is 0 Å². The summed E-state index contributed by atoms with van der Waals surface area (Å²) in [5.74, 6) is -0.0247. The molecule has 14 nitrogen and oxygen atoms in total. The minimum absolute atomic E-state index is 0.0352. The van der Waals surface area contributed by atoms with Crippen LogP contribution in [0.5, 0.6) is 0 Å². The minimum Gasteiger partial charge on any atom is -0.395 e. The highest BCUT2D eigenvalue weighted by atomic mass is 16.3. The molecule has 1 aliphatic rings. The van der Waals surface area contributed by atoms with Crippen LogP contribution >= 0.6 is 0 Å². The van der Waals surface area contributed by atoms with Gasteiger partial charge in [0.1, 0.15) is 5.65 Å². The standard InChI is InChI=1S/C21H29N7O.C19H31N3O3/c1-21(2,3)17-11-15-13-28(20(29)27-18(15)26-17)16-7-5-14(6-8-16)12-24-9-4-10-25-19(22)23;1-19(2,3)16-12-15(18(25)22(8-10-23)9-11-24)13-17(14-16)21-6-4-20-5-7-21/h5-8,11,13,24H,4,9-10,12H2,1-3H3,(H4,22,23,25)(H,26,27,29);12-14,20,23-24H,4-11H2,1-3H3. The molecule has 14 heteroatoms. The van der Waals surface area contributed by atoms with E-state index >= 15 is 0 Å². The second-order valence-corrected chi connectivity index (χ2v) is 15.6. The molecule has 2 aromatic carbocycles. The van der Waals surface area contributed by atoms with E-state index < -0.39 is 0 Å². The molecule has 3 heterocycles. The number of anilines is 1. The second-order valence-electron chi connectivity index (χ2n) is 15.6. The summed E-state index contributed by atoms with van der Waals surface area (Å²) in [6.45, 7) is 18.9. The number of aromatic nitrogens is 3. The number of aliphatic imine (C=N–C) groups is 1. The van der Waals surface area contributed by atoms with Gasteiger partial charge in [0.05, 0.1) is 18.9 Å². The van der Waals surface area contributed by atoms with E-state index in [0.717, 1.165) is 79.3 Å². The van der Waals surface area contributed by atoms with Crippen LogP contribution in [0.25, 0.3) is 16.7 Å². The number of H-pyrrole nitrogens is 1. The molecule has 1 amide bonds. The fourth-order valence-electron chi connectivity index (χ4n) is 6.01. The molecule has 0 saturated carbocycles. The van der Waals surface area contributed by atoms with Crippen LogP contribution in [0.4, 0.5) is 5.69 Å². The first-order valence-corrected chi connectivity index (χ1v) is 18.7. The Kier molecular flexibility index (Phi) is 14.8. The molecule has 0 unspecified atom stereocenters. The number of carbonyl (C=O) groups excluding carboxylic acids is 1. The monoisotopic (exact) mass is 744 g/mol. The van der Waals surface area contributed by atoms with Gasteiger partial charge < -0.3 is 47.1 Å². The average molecular weight is 745 g/mol. The predicted octanol–water partition coefficient (Wildman–Crippen LogP) is 2.58. The van der Waals surface area contributed by atoms with Gasteiger partial charge in [-0.2, -0.15) is 4.98 Å². The number of rotatable bonds is 13. The molecule has 1 saturated heterocycles. The van der Waals surface area contributed by atoms with Crippen LogP contribution < -0.4 is 32.7 Å². The number of piperazine rings is 1. The van der Waals surface area contributed by atoms with Crippen molar-refractivity contribution in [3.63, 3.8) is 0 Å². The minimum atomic E-state index is -0.301. The smallest absolute Gasteiger partial charge is 0.354 e. The molecule has 2 aromatic heterocycles. The number of hydrogen-bond acceptors (Lipinski definition) is 9. The second kappa shape index (κ2) is 19.0. The maximum atomic E-state index is 12.9. The van der Waals surface area contributed by atoms with Crippen LogP contribution in [0.2, 0.25) is 0 Å². The van der Waals surface area contributed by atoms with Crippen molar-refractivity contribution in [2.75, 3.05) is 70.5 Å². The van der Waals surface area contributed by atoms with E-state index in [9.17, 15) is 19.8 Å². The van der Waals surface area contributed by atoms with Gasteiger partial charge in [0.15, 0.2) is 5.96 Å². The Bertz CT molecular complexity index is 1890. The van der Waals surface area contributed by atoms with Crippen molar-refractivity contribution in [3.05, 3.63) is 87.6 Å². The molecule has 1 fully saturated rings. The Morgan fingerprint density at radius 1 is 0.944 bits per heavy atom. The van der Waals surface area contributed by atoms with Gasteiger partial charge in [-0.1, -0.05) is 53.7 Å². The fourth-order valence-corrected chi connectivity index (χ4v) is 6.01. The van der Waals surface area contributed by atoms with Crippen molar-refractivity contribution in [2.45, 2.75) is 65.3 Å². The van der Waals surface area contributed by atoms with Gasteiger partial charge in [-0.05, 0) is 65.9 Å². The van der Waals surface area contributed by atoms with Gasteiger partial charge in [-0.25, -0.2) is 4.79 Å². The molecule has 0 radical (unpaired) electrons. The van der Waals surface area contributed by atoms with Crippen LogP contribution in [0, 0.1) is 0 Å². The van der Waals surface area contributed by atoms with Gasteiger partial charge in [-0.3, -0.25) is 14.4 Å².